The highest BCUT2D eigenvalue weighted by Crippen LogP contribution is 2.43. The zero-order valence-electron chi connectivity index (χ0n) is 20.4. The molecule has 6 nitrogen and oxygen atoms in total. The Morgan fingerprint density at radius 3 is 2.50 bits per heavy atom. The van der Waals surface area contributed by atoms with E-state index in [1.54, 1.807) is 30.3 Å². The molecule has 1 aromatic heterocycles. The van der Waals surface area contributed by atoms with E-state index < -0.39 is 40.8 Å². The standard InChI is InChI=1S/C28H26F2N2O4/c1-5-36-22-11-8-16(13-19(22)28(2,3)4)25(33)23-24(17-7-6-12-31-15-17)32(27(35)26(23)34)21-14-18(29)9-10-20(21)30/h6-15,24,33H,5H2,1-4H3/b25-23-. The minimum atomic E-state index is -1.22. The zero-order chi connectivity index (χ0) is 26.2. The highest BCUT2D eigenvalue weighted by molar-refractivity contribution is 6.51. The fraction of sp³-hybridized carbons (Fsp3) is 0.250. The first-order chi connectivity index (χ1) is 17.0. The number of nitrogens with zero attached hydrogens (tertiary/aromatic N) is 2. The molecule has 0 spiro atoms. The third-order valence-electron chi connectivity index (χ3n) is 5.97. The normalized spacial score (nSPS) is 17.5. The lowest BCUT2D eigenvalue weighted by Crippen LogP contribution is -2.30. The third-order valence-corrected chi connectivity index (χ3v) is 5.97. The second-order valence-corrected chi connectivity index (χ2v) is 9.45. The van der Waals surface area contributed by atoms with Gasteiger partial charge in [0.15, 0.2) is 0 Å². The summed E-state index contributed by atoms with van der Waals surface area (Å²) in [5.41, 5.74) is 0.406. The summed E-state index contributed by atoms with van der Waals surface area (Å²) < 4.78 is 34.6. The molecule has 0 saturated carbocycles. The third kappa shape index (κ3) is 4.46. The van der Waals surface area contributed by atoms with E-state index in [-0.39, 0.29) is 16.6 Å². The number of hydrogen-bond acceptors (Lipinski definition) is 5. The molecule has 8 heteroatoms. The van der Waals surface area contributed by atoms with Gasteiger partial charge in [0.25, 0.3) is 11.7 Å². The van der Waals surface area contributed by atoms with E-state index >= 15 is 0 Å². The first kappa shape index (κ1) is 25.0. The number of hydrogen-bond donors (Lipinski definition) is 1. The average molecular weight is 493 g/mol. The summed E-state index contributed by atoms with van der Waals surface area (Å²) in [5.74, 6) is -3.57. The quantitative estimate of drug-likeness (QED) is 0.282. The maximum atomic E-state index is 14.8. The first-order valence-corrected chi connectivity index (χ1v) is 11.5. The van der Waals surface area contributed by atoms with Crippen LogP contribution in [0, 0.1) is 11.6 Å². The van der Waals surface area contributed by atoms with E-state index in [1.165, 1.54) is 12.4 Å². The first-order valence-electron chi connectivity index (χ1n) is 11.5. The van der Waals surface area contributed by atoms with Crippen LogP contribution in [0.3, 0.4) is 0 Å². The molecule has 1 fully saturated rings. The molecule has 186 valence electrons. The Balaban J connectivity index is 1.96. The Morgan fingerprint density at radius 1 is 1.11 bits per heavy atom. The molecule has 1 unspecified atom stereocenters. The molecule has 1 aliphatic rings. The minimum absolute atomic E-state index is 0.249. The van der Waals surface area contributed by atoms with Crippen molar-refractivity contribution in [3.8, 4) is 5.75 Å². The number of halogens is 2. The van der Waals surface area contributed by atoms with Gasteiger partial charge in [-0.3, -0.25) is 19.5 Å². The number of ketones is 1. The number of aromatic nitrogens is 1. The summed E-state index contributed by atoms with van der Waals surface area (Å²) in [6, 6.07) is 9.60. The van der Waals surface area contributed by atoms with Crippen LogP contribution < -0.4 is 9.64 Å². The van der Waals surface area contributed by atoms with Gasteiger partial charge in [-0.2, -0.15) is 0 Å². The Labute approximate surface area is 207 Å². The number of anilines is 1. The number of Topliss-reactive ketones (excluding diaryl/α,β-unsaturated/α-hetero) is 1. The molecule has 1 N–H and O–H groups in total. The van der Waals surface area contributed by atoms with Crippen LogP contribution in [0.5, 0.6) is 5.75 Å². The number of pyridine rings is 1. The molecule has 2 heterocycles. The molecule has 36 heavy (non-hydrogen) atoms. The summed E-state index contributed by atoms with van der Waals surface area (Å²) in [7, 11) is 0. The fourth-order valence-corrected chi connectivity index (χ4v) is 4.30. The van der Waals surface area contributed by atoms with Gasteiger partial charge in [-0.05, 0) is 54.3 Å². The van der Waals surface area contributed by atoms with Crippen molar-refractivity contribution in [3.05, 3.63) is 94.8 Å². The van der Waals surface area contributed by atoms with E-state index in [1.807, 2.05) is 27.7 Å². The second kappa shape index (κ2) is 9.53. The predicted octanol–water partition coefficient (Wildman–Crippen LogP) is 5.68. The molecule has 1 saturated heterocycles. The number of aliphatic hydroxyl groups excluding tert-OH is 1. The van der Waals surface area contributed by atoms with Crippen molar-refractivity contribution in [1.82, 2.24) is 4.98 Å². The van der Waals surface area contributed by atoms with Gasteiger partial charge in [-0.15, -0.1) is 0 Å². The Bertz CT molecular complexity index is 1360. The second-order valence-electron chi connectivity index (χ2n) is 9.45. The van der Waals surface area contributed by atoms with E-state index in [0.717, 1.165) is 28.7 Å². The van der Waals surface area contributed by atoms with Crippen molar-refractivity contribution >= 4 is 23.1 Å². The molecule has 2 aromatic carbocycles. The topological polar surface area (TPSA) is 79.7 Å². The molecule has 0 radical (unpaired) electrons. The smallest absolute Gasteiger partial charge is 0.300 e. The zero-order valence-corrected chi connectivity index (χ0v) is 20.4. The summed E-state index contributed by atoms with van der Waals surface area (Å²) in [6.07, 6.45) is 2.91. The fourth-order valence-electron chi connectivity index (χ4n) is 4.30. The van der Waals surface area contributed by atoms with E-state index in [0.29, 0.717) is 17.9 Å². The van der Waals surface area contributed by atoms with Crippen LogP contribution in [-0.2, 0) is 15.0 Å². The number of rotatable bonds is 5. The maximum absolute atomic E-state index is 14.8. The Morgan fingerprint density at radius 2 is 1.86 bits per heavy atom. The van der Waals surface area contributed by atoms with E-state index in [2.05, 4.69) is 4.98 Å². The van der Waals surface area contributed by atoms with Crippen LogP contribution in [0.15, 0.2) is 66.5 Å². The summed E-state index contributed by atoms with van der Waals surface area (Å²) in [5, 5.41) is 11.4. The van der Waals surface area contributed by atoms with Crippen molar-refractivity contribution in [2.24, 2.45) is 0 Å². The maximum Gasteiger partial charge on any atom is 0.300 e. The van der Waals surface area contributed by atoms with Crippen molar-refractivity contribution in [3.63, 3.8) is 0 Å². The molecule has 1 atom stereocenters. The summed E-state index contributed by atoms with van der Waals surface area (Å²) >= 11 is 0. The molecular weight excluding hydrogens is 466 g/mol. The summed E-state index contributed by atoms with van der Waals surface area (Å²) in [6.45, 7) is 8.25. The molecule has 3 aromatic rings. The molecule has 1 aliphatic heterocycles. The van der Waals surface area contributed by atoms with Crippen molar-refractivity contribution in [2.45, 2.75) is 39.2 Å². The number of ether oxygens (including phenoxy) is 1. The van der Waals surface area contributed by atoms with Crippen LogP contribution in [-0.4, -0.2) is 28.4 Å². The SMILES string of the molecule is CCOc1ccc(/C(O)=C2/C(=O)C(=O)N(c3cc(F)ccc3F)C2c2cccnc2)cc1C(C)(C)C. The largest absolute Gasteiger partial charge is 0.507 e. The molecule has 0 bridgehead atoms. The lowest BCUT2D eigenvalue weighted by Gasteiger charge is -2.26. The molecular formula is C28H26F2N2O4. The van der Waals surface area contributed by atoms with Gasteiger partial charge in [-0.25, -0.2) is 8.78 Å². The minimum Gasteiger partial charge on any atom is -0.507 e. The summed E-state index contributed by atoms with van der Waals surface area (Å²) in [4.78, 5) is 31.3. The van der Waals surface area contributed by atoms with Gasteiger partial charge in [0.2, 0.25) is 0 Å². The molecule has 4 rings (SSSR count). The van der Waals surface area contributed by atoms with Gasteiger partial charge in [-0.1, -0.05) is 26.8 Å². The number of amides is 1. The van der Waals surface area contributed by atoms with Gasteiger partial charge in [0, 0.05) is 29.6 Å². The highest BCUT2D eigenvalue weighted by Gasteiger charge is 2.48. The Hall–Kier alpha value is -4.07. The van der Waals surface area contributed by atoms with Crippen molar-refractivity contribution < 1.29 is 28.2 Å². The lowest BCUT2D eigenvalue weighted by molar-refractivity contribution is -0.132. The number of benzene rings is 2. The van der Waals surface area contributed by atoms with Gasteiger partial charge in [0.1, 0.15) is 23.1 Å². The molecule has 1 amide bonds. The molecule has 0 aliphatic carbocycles. The van der Waals surface area contributed by atoms with Crippen LogP contribution in [0.1, 0.15) is 50.4 Å². The van der Waals surface area contributed by atoms with Gasteiger partial charge in [0.05, 0.1) is 23.9 Å². The van der Waals surface area contributed by atoms with Crippen molar-refractivity contribution in [1.29, 1.82) is 0 Å². The number of carbonyl (C=O) groups is 2. The van der Waals surface area contributed by atoms with Crippen LogP contribution in [0.4, 0.5) is 14.5 Å². The lowest BCUT2D eigenvalue weighted by atomic mass is 9.84. The van der Waals surface area contributed by atoms with E-state index in [9.17, 15) is 23.5 Å². The van der Waals surface area contributed by atoms with Gasteiger partial charge >= 0.3 is 0 Å². The van der Waals surface area contributed by atoms with E-state index in [4.69, 9.17) is 4.74 Å². The van der Waals surface area contributed by atoms with Crippen molar-refractivity contribution in [2.75, 3.05) is 11.5 Å². The number of aliphatic hydroxyl groups is 1. The number of carbonyl (C=O) groups excluding carboxylic acids is 2. The van der Waals surface area contributed by atoms with Gasteiger partial charge < -0.3 is 9.84 Å². The average Bonchev–Trinajstić information content (AvgIpc) is 3.11. The Kier molecular flexibility index (Phi) is 6.63. The van der Waals surface area contributed by atoms with Crippen LogP contribution in [0.2, 0.25) is 0 Å². The monoisotopic (exact) mass is 492 g/mol. The highest BCUT2D eigenvalue weighted by atomic mass is 19.1. The van der Waals surface area contributed by atoms with Crippen LogP contribution in [0.25, 0.3) is 5.76 Å². The predicted molar refractivity (Wildman–Crippen MR) is 132 cm³/mol. The van der Waals surface area contributed by atoms with Crippen LogP contribution >= 0.6 is 0 Å².